The average molecular weight is 252 g/mol. The van der Waals surface area contributed by atoms with Crippen molar-refractivity contribution in [1.82, 2.24) is 10.6 Å². The van der Waals surface area contributed by atoms with Crippen LogP contribution in [0, 0.1) is 5.92 Å². The summed E-state index contributed by atoms with van der Waals surface area (Å²) in [5.41, 5.74) is -0.276. The molecule has 1 heterocycles. The van der Waals surface area contributed by atoms with Crippen molar-refractivity contribution in [3.8, 4) is 0 Å². The molecule has 0 aromatic heterocycles. The van der Waals surface area contributed by atoms with Crippen molar-refractivity contribution in [3.05, 3.63) is 0 Å². The topological polar surface area (TPSA) is 61.4 Å². The van der Waals surface area contributed by atoms with Gasteiger partial charge >= 0.3 is 0 Å². The molecule has 0 aromatic rings. The van der Waals surface area contributed by atoms with E-state index in [0.717, 1.165) is 25.2 Å². The van der Waals surface area contributed by atoms with Gasteiger partial charge in [0.2, 0.25) is 5.91 Å². The second-order valence-corrected chi connectivity index (χ2v) is 6.38. The van der Waals surface area contributed by atoms with Crippen LogP contribution in [0.15, 0.2) is 0 Å². The fourth-order valence-corrected chi connectivity index (χ4v) is 3.52. The van der Waals surface area contributed by atoms with Gasteiger partial charge in [0.25, 0.3) is 0 Å². The van der Waals surface area contributed by atoms with Crippen LogP contribution in [0.25, 0.3) is 0 Å². The minimum absolute atomic E-state index is 0.0339. The predicted octanol–water partition coefficient (Wildman–Crippen LogP) is 0.938. The lowest BCUT2D eigenvalue weighted by Crippen LogP contribution is -2.57. The van der Waals surface area contributed by atoms with Gasteiger partial charge in [0.1, 0.15) is 0 Å². The summed E-state index contributed by atoms with van der Waals surface area (Å²) in [6.07, 6.45) is 9.18. The van der Waals surface area contributed by atoms with Gasteiger partial charge in [0, 0.05) is 6.04 Å². The van der Waals surface area contributed by atoms with Crippen molar-refractivity contribution in [2.45, 2.75) is 69.0 Å². The molecule has 1 amide bonds. The van der Waals surface area contributed by atoms with Crippen molar-refractivity contribution in [1.29, 1.82) is 0 Å². The van der Waals surface area contributed by atoms with E-state index in [4.69, 9.17) is 0 Å². The van der Waals surface area contributed by atoms with E-state index in [0.29, 0.717) is 6.04 Å². The molecule has 18 heavy (non-hydrogen) atoms. The number of carbonyl (C=O) groups excluding carboxylic acids is 1. The Kier molecular flexibility index (Phi) is 3.32. The van der Waals surface area contributed by atoms with E-state index in [1.807, 2.05) is 0 Å². The Morgan fingerprint density at radius 3 is 2.72 bits per heavy atom. The molecule has 0 spiro atoms. The van der Waals surface area contributed by atoms with Gasteiger partial charge in [0.15, 0.2) is 0 Å². The molecule has 102 valence electrons. The van der Waals surface area contributed by atoms with Crippen LogP contribution in [0.2, 0.25) is 0 Å². The zero-order valence-electron chi connectivity index (χ0n) is 11.0. The first kappa shape index (κ1) is 12.4. The van der Waals surface area contributed by atoms with Crippen molar-refractivity contribution in [2.24, 2.45) is 5.92 Å². The number of hydrogen-bond donors (Lipinski definition) is 3. The molecule has 4 heteroatoms. The third-order valence-electron chi connectivity index (χ3n) is 5.01. The highest BCUT2D eigenvalue weighted by Gasteiger charge is 2.45. The smallest absolute Gasteiger partial charge is 0.237 e. The molecule has 2 aliphatic carbocycles. The first-order valence-corrected chi connectivity index (χ1v) is 7.41. The Balaban J connectivity index is 1.55. The lowest BCUT2D eigenvalue weighted by Gasteiger charge is -2.40. The van der Waals surface area contributed by atoms with E-state index < -0.39 is 0 Å². The van der Waals surface area contributed by atoms with Crippen molar-refractivity contribution < 1.29 is 9.90 Å². The van der Waals surface area contributed by atoms with Crippen LogP contribution in [-0.2, 0) is 4.79 Å². The van der Waals surface area contributed by atoms with Gasteiger partial charge in [-0.3, -0.25) is 4.79 Å². The highest BCUT2D eigenvalue weighted by molar-refractivity contribution is 5.83. The first-order chi connectivity index (χ1) is 8.72. The van der Waals surface area contributed by atoms with Gasteiger partial charge in [-0.15, -0.1) is 0 Å². The third kappa shape index (κ3) is 2.41. The van der Waals surface area contributed by atoms with E-state index in [2.05, 4.69) is 10.6 Å². The first-order valence-electron chi connectivity index (χ1n) is 7.41. The normalized spacial score (nSPS) is 37.7. The second-order valence-electron chi connectivity index (χ2n) is 6.38. The molecular formula is C14H24N2O2. The van der Waals surface area contributed by atoms with E-state index in [-0.39, 0.29) is 24.1 Å². The lowest BCUT2D eigenvalue weighted by molar-refractivity contribution is -0.125. The Bertz CT molecular complexity index is 328. The van der Waals surface area contributed by atoms with Crippen LogP contribution >= 0.6 is 0 Å². The number of amides is 1. The quantitative estimate of drug-likeness (QED) is 0.700. The number of fused-ring (bicyclic) bond motifs is 1. The summed E-state index contributed by atoms with van der Waals surface area (Å²) in [4.78, 5) is 12.2. The number of hydrogen-bond acceptors (Lipinski definition) is 3. The monoisotopic (exact) mass is 252 g/mol. The van der Waals surface area contributed by atoms with Gasteiger partial charge in [-0.2, -0.15) is 0 Å². The Hall–Kier alpha value is -0.610. The molecule has 1 aliphatic heterocycles. The molecule has 2 saturated carbocycles. The summed E-state index contributed by atoms with van der Waals surface area (Å²) >= 11 is 0. The number of rotatable bonds is 3. The molecular weight excluding hydrogens is 228 g/mol. The van der Waals surface area contributed by atoms with Crippen molar-refractivity contribution in [3.63, 3.8) is 0 Å². The maximum absolute atomic E-state index is 12.2. The third-order valence-corrected chi connectivity index (χ3v) is 5.01. The van der Waals surface area contributed by atoms with Crippen molar-refractivity contribution in [2.75, 3.05) is 6.61 Å². The number of aliphatic hydroxyl groups excluding tert-OH is 1. The van der Waals surface area contributed by atoms with E-state index in [1.165, 1.54) is 32.1 Å². The fourth-order valence-electron chi connectivity index (χ4n) is 3.52. The highest BCUT2D eigenvalue weighted by Crippen LogP contribution is 2.36. The summed E-state index contributed by atoms with van der Waals surface area (Å²) in [6.45, 7) is 0.0809. The summed E-state index contributed by atoms with van der Waals surface area (Å²) in [5.74, 6) is 0.890. The Labute approximate surface area is 109 Å². The maximum Gasteiger partial charge on any atom is 0.237 e. The molecule has 4 nitrogen and oxygen atoms in total. The minimum Gasteiger partial charge on any atom is -0.394 e. The second kappa shape index (κ2) is 4.82. The van der Waals surface area contributed by atoms with Crippen molar-refractivity contribution >= 4 is 5.91 Å². The summed E-state index contributed by atoms with van der Waals surface area (Å²) in [7, 11) is 0. The molecule has 0 radical (unpaired) electrons. The molecule has 0 bridgehead atoms. The standard InChI is InChI=1S/C14H24N2O2/c17-9-14(7-8-14)16-13(18)12-6-5-10-3-1-2-4-11(10)15-12/h10-12,15,17H,1-9H2,(H,16,18). The predicted molar refractivity (Wildman–Crippen MR) is 69.1 cm³/mol. The summed E-state index contributed by atoms with van der Waals surface area (Å²) in [6, 6.07) is 0.515. The molecule has 3 aliphatic rings. The minimum atomic E-state index is -0.276. The molecule has 3 atom stereocenters. The van der Waals surface area contributed by atoms with E-state index in [9.17, 15) is 9.90 Å². The number of carbonyl (C=O) groups is 1. The van der Waals surface area contributed by atoms with Gasteiger partial charge in [-0.05, 0) is 44.4 Å². The Morgan fingerprint density at radius 1 is 1.22 bits per heavy atom. The molecule has 3 fully saturated rings. The van der Waals surface area contributed by atoms with Crippen LogP contribution < -0.4 is 10.6 Å². The van der Waals surface area contributed by atoms with Crippen LogP contribution in [-0.4, -0.2) is 35.2 Å². The number of piperidine rings is 1. The van der Waals surface area contributed by atoms with Crippen LogP contribution in [0.1, 0.15) is 51.4 Å². The largest absolute Gasteiger partial charge is 0.394 e. The van der Waals surface area contributed by atoms with Gasteiger partial charge in [0.05, 0.1) is 18.2 Å². The van der Waals surface area contributed by atoms with Gasteiger partial charge in [-0.25, -0.2) is 0 Å². The SMILES string of the molecule is O=C(NC1(CO)CC1)C1CCC2CCCCC2N1. The van der Waals surface area contributed by atoms with E-state index in [1.54, 1.807) is 0 Å². The fraction of sp³-hybridized carbons (Fsp3) is 0.929. The van der Waals surface area contributed by atoms with Crippen LogP contribution in [0.3, 0.4) is 0 Å². The zero-order chi connectivity index (χ0) is 12.6. The molecule has 1 saturated heterocycles. The summed E-state index contributed by atoms with van der Waals surface area (Å²) < 4.78 is 0. The van der Waals surface area contributed by atoms with Crippen LogP contribution in [0.5, 0.6) is 0 Å². The molecule has 3 rings (SSSR count). The molecule has 3 N–H and O–H groups in total. The Morgan fingerprint density at radius 2 is 2.00 bits per heavy atom. The average Bonchev–Trinajstić information content (AvgIpc) is 3.18. The van der Waals surface area contributed by atoms with Crippen LogP contribution in [0.4, 0.5) is 0 Å². The van der Waals surface area contributed by atoms with Gasteiger partial charge < -0.3 is 15.7 Å². The number of aliphatic hydroxyl groups is 1. The summed E-state index contributed by atoms with van der Waals surface area (Å²) in [5, 5.41) is 15.8. The molecule has 3 unspecified atom stereocenters. The van der Waals surface area contributed by atoms with E-state index >= 15 is 0 Å². The highest BCUT2D eigenvalue weighted by atomic mass is 16.3. The zero-order valence-corrected chi connectivity index (χ0v) is 11.0. The van der Waals surface area contributed by atoms with Gasteiger partial charge in [-0.1, -0.05) is 12.8 Å². The maximum atomic E-state index is 12.2. The molecule has 0 aromatic carbocycles. The number of nitrogens with one attached hydrogen (secondary N) is 2. The lowest BCUT2D eigenvalue weighted by atomic mass is 9.77.